The zero-order valence-corrected chi connectivity index (χ0v) is 11.9. The van der Waals surface area contributed by atoms with Gasteiger partial charge in [0.1, 0.15) is 0 Å². The maximum absolute atomic E-state index is 5.94. The van der Waals surface area contributed by atoms with Crippen LogP contribution in [-0.4, -0.2) is 24.5 Å². The number of rotatable bonds is 4. The molecule has 0 saturated heterocycles. The summed E-state index contributed by atoms with van der Waals surface area (Å²) in [4.78, 5) is 3.76. The molecule has 0 radical (unpaired) electrons. The molecule has 0 bridgehead atoms. The van der Waals surface area contributed by atoms with Crippen LogP contribution in [0, 0.1) is 5.92 Å². The Morgan fingerprint density at radius 1 is 1.35 bits per heavy atom. The van der Waals surface area contributed by atoms with E-state index < -0.39 is 0 Å². The Balaban J connectivity index is 1.75. The van der Waals surface area contributed by atoms with Gasteiger partial charge in [0.2, 0.25) is 0 Å². The zero-order chi connectivity index (χ0) is 12.3. The monoisotopic (exact) mass is 272 g/mol. The van der Waals surface area contributed by atoms with Crippen LogP contribution in [0.5, 0.6) is 0 Å². The normalized spacial score (nSPS) is 25.4. The molecule has 1 saturated carbocycles. The minimum absolute atomic E-state index is 0.452. The first kappa shape index (κ1) is 13.3. The van der Waals surface area contributed by atoms with Gasteiger partial charge in [0.15, 0.2) is 0 Å². The maximum Gasteiger partial charge on any atom is 0.0931 e. The third-order valence-corrected chi connectivity index (χ3v) is 4.73. The lowest BCUT2D eigenvalue weighted by Crippen LogP contribution is -2.32. The van der Waals surface area contributed by atoms with E-state index in [4.69, 9.17) is 17.3 Å². The van der Waals surface area contributed by atoms with E-state index in [0.29, 0.717) is 6.04 Å². The van der Waals surface area contributed by atoms with Gasteiger partial charge >= 0.3 is 0 Å². The van der Waals surface area contributed by atoms with Crippen molar-refractivity contribution in [1.82, 2.24) is 4.90 Å². The quantitative estimate of drug-likeness (QED) is 0.911. The van der Waals surface area contributed by atoms with Gasteiger partial charge in [0.25, 0.3) is 0 Å². The molecule has 0 spiro atoms. The van der Waals surface area contributed by atoms with Gasteiger partial charge in [0.05, 0.1) is 4.34 Å². The van der Waals surface area contributed by atoms with Crippen molar-refractivity contribution in [2.45, 2.75) is 38.3 Å². The van der Waals surface area contributed by atoms with Crippen molar-refractivity contribution in [3.63, 3.8) is 0 Å². The molecule has 0 amide bonds. The number of halogens is 1. The second-order valence-electron chi connectivity index (χ2n) is 5.18. The van der Waals surface area contributed by atoms with Gasteiger partial charge in [-0.05, 0) is 50.8 Å². The van der Waals surface area contributed by atoms with Crippen LogP contribution in [0.3, 0.4) is 0 Å². The van der Waals surface area contributed by atoms with Crippen LogP contribution >= 0.6 is 22.9 Å². The predicted molar refractivity (Wildman–Crippen MR) is 75.6 cm³/mol. The summed E-state index contributed by atoms with van der Waals surface area (Å²) in [7, 11) is 2.20. The summed E-state index contributed by atoms with van der Waals surface area (Å²) in [5.74, 6) is 0.829. The van der Waals surface area contributed by atoms with Gasteiger partial charge < -0.3 is 10.6 Å². The lowest BCUT2D eigenvalue weighted by Gasteiger charge is -2.29. The Kier molecular flexibility index (Phi) is 4.86. The molecule has 2 nitrogen and oxygen atoms in total. The minimum atomic E-state index is 0.452. The molecule has 1 aliphatic carbocycles. The SMILES string of the molecule is CN(Cc1ccc(Cl)s1)CC1CCC(N)CC1. The average molecular weight is 273 g/mol. The van der Waals surface area contributed by atoms with Crippen molar-refractivity contribution >= 4 is 22.9 Å². The summed E-state index contributed by atoms with van der Waals surface area (Å²) in [5.41, 5.74) is 5.93. The lowest BCUT2D eigenvalue weighted by atomic mass is 9.86. The number of hydrogen-bond acceptors (Lipinski definition) is 3. The molecule has 1 aromatic heterocycles. The van der Waals surface area contributed by atoms with Crippen LogP contribution in [0.15, 0.2) is 12.1 Å². The molecule has 96 valence electrons. The first-order valence-corrected chi connectivity index (χ1v) is 7.51. The summed E-state index contributed by atoms with van der Waals surface area (Å²) >= 11 is 7.62. The van der Waals surface area contributed by atoms with E-state index >= 15 is 0 Å². The average Bonchev–Trinajstić information content (AvgIpc) is 2.67. The van der Waals surface area contributed by atoms with Crippen molar-refractivity contribution in [2.75, 3.05) is 13.6 Å². The van der Waals surface area contributed by atoms with Gasteiger partial charge in [-0.1, -0.05) is 11.6 Å². The lowest BCUT2D eigenvalue weighted by molar-refractivity contribution is 0.220. The van der Waals surface area contributed by atoms with Crippen molar-refractivity contribution in [1.29, 1.82) is 0 Å². The first-order valence-electron chi connectivity index (χ1n) is 6.32. The molecule has 0 unspecified atom stereocenters. The Hall–Kier alpha value is -0.0900. The van der Waals surface area contributed by atoms with Crippen LogP contribution in [-0.2, 0) is 6.54 Å². The summed E-state index contributed by atoms with van der Waals surface area (Å²) in [5, 5.41) is 0. The molecule has 2 rings (SSSR count). The van der Waals surface area contributed by atoms with E-state index in [1.807, 2.05) is 6.07 Å². The topological polar surface area (TPSA) is 29.3 Å². The van der Waals surface area contributed by atoms with Crippen molar-refractivity contribution in [2.24, 2.45) is 11.7 Å². The number of nitrogens with two attached hydrogens (primary N) is 1. The van der Waals surface area contributed by atoms with Crippen molar-refractivity contribution in [3.8, 4) is 0 Å². The summed E-state index contributed by atoms with van der Waals surface area (Å²) < 4.78 is 0.886. The molecule has 0 aromatic carbocycles. The minimum Gasteiger partial charge on any atom is -0.328 e. The van der Waals surface area contributed by atoms with E-state index in [-0.39, 0.29) is 0 Å². The van der Waals surface area contributed by atoms with Crippen molar-refractivity contribution in [3.05, 3.63) is 21.3 Å². The standard InChI is InChI=1S/C13H21ClN2S/c1-16(9-12-6-7-13(14)17-12)8-10-2-4-11(15)5-3-10/h6-7,10-11H,2-5,8-9,15H2,1H3. The summed E-state index contributed by atoms with van der Waals surface area (Å²) in [6, 6.07) is 4.56. The fourth-order valence-corrected chi connectivity index (χ4v) is 3.75. The predicted octanol–water partition coefficient (Wildman–Crippen LogP) is 3.35. The Bertz CT molecular complexity index is 345. The first-order chi connectivity index (χ1) is 8.13. The van der Waals surface area contributed by atoms with Crippen molar-refractivity contribution < 1.29 is 0 Å². The van der Waals surface area contributed by atoms with E-state index in [0.717, 1.165) is 16.8 Å². The highest BCUT2D eigenvalue weighted by Gasteiger charge is 2.19. The Morgan fingerprint density at radius 2 is 2.06 bits per heavy atom. The molecule has 1 fully saturated rings. The summed E-state index contributed by atoms with van der Waals surface area (Å²) in [6.07, 6.45) is 4.97. The molecule has 1 aromatic rings. The summed E-state index contributed by atoms with van der Waals surface area (Å²) in [6.45, 7) is 2.20. The van der Waals surface area contributed by atoms with Crippen LogP contribution in [0.25, 0.3) is 0 Å². The Labute approximate surface area is 113 Å². The molecular formula is C13H21ClN2S. The van der Waals surface area contributed by atoms with Gasteiger partial charge in [-0.15, -0.1) is 11.3 Å². The molecule has 17 heavy (non-hydrogen) atoms. The second kappa shape index (κ2) is 6.19. The fourth-order valence-electron chi connectivity index (χ4n) is 2.58. The van der Waals surface area contributed by atoms with E-state index in [9.17, 15) is 0 Å². The van der Waals surface area contributed by atoms with Gasteiger partial charge in [-0.2, -0.15) is 0 Å². The third kappa shape index (κ3) is 4.25. The molecule has 4 heteroatoms. The highest BCUT2D eigenvalue weighted by molar-refractivity contribution is 7.16. The second-order valence-corrected chi connectivity index (χ2v) is 6.98. The molecule has 1 aliphatic rings. The molecule has 0 aliphatic heterocycles. The third-order valence-electron chi connectivity index (χ3n) is 3.52. The highest BCUT2D eigenvalue weighted by Crippen LogP contribution is 2.26. The van der Waals surface area contributed by atoms with Gasteiger partial charge in [0, 0.05) is 24.0 Å². The van der Waals surface area contributed by atoms with E-state index in [1.54, 1.807) is 11.3 Å². The zero-order valence-electron chi connectivity index (χ0n) is 10.4. The molecule has 2 N–H and O–H groups in total. The number of thiophene rings is 1. The van der Waals surface area contributed by atoms with Crippen LogP contribution in [0.1, 0.15) is 30.6 Å². The fraction of sp³-hybridized carbons (Fsp3) is 0.692. The maximum atomic E-state index is 5.94. The number of hydrogen-bond donors (Lipinski definition) is 1. The van der Waals surface area contributed by atoms with E-state index in [2.05, 4.69) is 18.0 Å². The number of nitrogens with zero attached hydrogens (tertiary/aromatic N) is 1. The smallest absolute Gasteiger partial charge is 0.0931 e. The largest absolute Gasteiger partial charge is 0.328 e. The molecular weight excluding hydrogens is 252 g/mol. The van der Waals surface area contributed by atoms with Crippen LogP contribution < -0.4 is 5.73 Å². The van der Waals surface area contributed by atoms with Gasteiger partial charge in [-0.3, -0.25) is 0 Å². The van der Waals surface area contributed by atoms with Crippen LogP contribution in [0.4, 0.5) is 0 Å². The highest BCUT2D eigenvalue weighted by atomic mass is 35.5. The van der Waals surface area contributed by atoms with Crippen LogP contribution in [0.2, 0.25) is 4.34 Å². The Morgan fingerprint density at radius 3 is 2.65 bits per heavy atom. The van der Waals surface area contributed by atoms with Gasteiger partial charge in [-0.25, -0.2) is 0 Å². The van der Waals surface area contributed by atoms with E-state index in [1.165, 1.54) is 37.1 Å². The molecule has 1 heterocycles. The molecule has 0 atom stereocenters.